The number of rotatable bonds is 6. The molecule has 0 aliphatic carbocycles. The molecule has 1 atom stereocenters. The number of nitrogens with one attached hydrogen (secondary N) is 1. The third kappa shape index (κ3) is 4.26. The van der Waals surface area contributed by atoms with E-state index in [1.54, 1.807) is 4.68 Å². The zero-order valence-electron chi connectivity index (χ0n) is 16.7. The second kappa shape index (κ2) is 8.92. The van der Waals surface area contributed by atoms with Crippen LogP contribution in [0.2, 0.25) is 0 Å². The van der Waals surface area contributed by atoms with E-state index in [0.717, 1.165) is 28.1 Å². The van der Waals surface area contributed by atoms with Crippen molar-refractivity contribution in [2.24, 2.45) is 0 Å². The largest absolute Gasteiger partial charge is 0.325 e. The molecule has 0 aliphatic rings. The van der Waals surface area contributed by atoms with Crippen LogP contribution in [0.5, 0.6) is 0 Å². The van der Waals surface area contributed by atoms with Gasteiger partial charge in [0.15, 0.2) is 0 Å². The van der Waals surface area contributed by atoms with Crippen molar-refractivity contribution < 1.29 is 4.79 Å². The monoisotopic (exact) mass is 415 g/mol. The molecule has 7 heteroatoms. The Morgan fingerprint density at radius 1 is 0.967 bits per heavy atom. The van der Waals surface area contributed by atoms with Gasteiger partial charge in [-0.2, -0.15) is 4.68 Å². The summed E-state index contributed by atoms with van der Waals surface area (Å²) >= 11 is 1.32. The van der Waals surface area contributed by atoms with Gasteiger partial charge in [-0.25, -0.2) is 0 Å². The molecular weight excluding hydrogens is 394 g/mol. The molecule has 0 aliphatic heterocycles. The Bertz CT molecular complexity index is 1160. The van der Waals surface area contributed by atoms with E-state index in [4.69, 9.17) is 0 Å². The molecule has 1 amide bonds. The first kappa shape index (κ1) is 19.8. The van der Waals surface area contributed by atoms with Crippen LogP contribution in [0.25, 0.3) is 16.8 Å². The van der Waals surface area contributed by atoms with Crippen LogP contribution in [0.4, 0.5) is 5.69 Å². The molecule has 4 aromatic rings. The minimum Gasteiger partial charge on any atom is -0.325 e. The van der Waals surface area contributed by atoms with E-state index < -0.39 is 0 Å². The highest BCUT2D eigenvalue weighted by molar-refractivity contribution is 8.00. The highest BCUT2D eigenvalue weighted by atomic mass is 32.2. The van der Waals surface area contributed by atoms with Crippen LogP contribution in [0.3, 0.4) is 0 Å². The Kier molecular flexibility index (Phi) is 5.90. The maximum atomic E-state index is 12.9. The van der Waals surface area contributed by atoms with Crippen molar-refractivity contribution in [2.45, 2.75) is 24.3 Å². The summed E-state index contributed by atoms with van der Waals surface area (Å²) in [5.41, 5.74) is 4.76. The summed E-state index contributed by atoms with van der Waals surface area (Å²) in [6.07, 6.45) is 0. The summed E-state index contributed by atoms with van der Waals surface area (Å²) < 4.78 is 1.67. The van der Waals surface area contributed by atoms with Crippen LogP contribution in [0.1, 0.15) is 12.5 Å². The van der Waals surface area contributed by atoms with E-state index in [1.165, 1.54) is 11.8 Å². The number of tetrazole rings is 1. The predicted molar refractivity (Wildman–Crippen MR) is 120 cm³/mol. The third-order valence-electron chi connectivity index (χ3n) is 4.71. The van der Waals surface area contributed by atoms with Gasteiger partial charge in [-0.15, -0.1) is 5.10 Å². The van der Waals surface area contributed by atoms with Gasteiger partial charge in [0.2, 0.25) is 11.1 Å². The summed E-state index contributed by atoms with van der Waals surface area (Å²) in [6, 6.07) is 25.7. The molecule has 3 aromatic carbocycles. The molecule has 1 heterocycles. The Morgan fingerprint density at radius 2 is 1.67 bits per heavy atom. The van der Waals surface area contributed by atoms with E-state index in [2.05, 4.69) is 20.8 Å². The molecule has 4 rings (SSSR count). The average Bonchev–Trinajstić information content (AvgIpc) is 3.23. The second-order valence-corrected chi connectivity index (χ2v) is 8.13. The van der Waals surface area contributed by atoms with E-state index in [1.807, 2.05) is 92.7 Å². The molecule has 30 heavy (non-hydrogen) atoms. The van der Waals surface area contributed by atoms with Crippen molar-refractivity contribution in [2.75, 3.05) is 5.32 Å². The number of aromatic nitrogens is 4. The number of hydrogen-bond donors (Lipinski definition) is 1. The summed E-state index contributed by atoms with van der Waals surface area (Å²) in [5.74, 6) is -0.109. The van der Waals surface area contributed by atoms with Gasteiger partial charge < -0.3 is 5.32 Å². The SMILES string of the molecule is Cc1ccccc1-n1nnnc1S[C@@H](C)C(=O)Nc1ccccc1-c1ccccc1. The molecule has 0 radical (unpaired) electrons. The van der Waals surface area contributed by atoms with Crippen LogP contribution in [0.15, 0.2) is 84.0 Å². The molecule has 6 nitrogen and oxygen atoms in total. The fourth-order valence-electron chi connectivity index (χ4n) is 3.11. The van der Waals surface area contributed by atoms with Crippen LogP contribution in [-0.2, 0) is 4.79 Å². The van der Waals surface area contributed by atoms with E-state index in [0.29, 0.717) is 5.16 Å². The molecule has 0 saturated heterocycles. The fraction of sp³-hybridized carbons (Fsp3) is 0.130. The number of para-hydroxylation sites is 2. The molecule has 1 aromatic heterocycles. The van der Waals surface area contributed by atoms with Crippen LogP contribution >= 0.6 is 11.8 Å². The highest BCUT2D eigenvalue weighted by Crippen LogP contribution is 2.29. The standard InChI is InChI=1S/C23H21N5OS/c1-16-10-6-9-15-21(16)28-23(25-26-27-28)30-17(2)22(29)24-20-14-8-7-13-19(20)18-11-4-3-5-12-18/h3-15,17H,1-2H3,(H,24,29)/t17-/m0/s1. The van der Waals surface area contributed by atoms with Crippen molar-refractivity contribution in [1.29, 1.82) is 0 Å². The van der Waals surface area contributed by atoms with Gasteiger partial charge in [-0.3, -0.25) is 4.79 Å². The topological polar surface area (TPSA) is 72.7 Å². The van der Waals surface area contributed by atoms with Crippen LogP contribution in [0, 0.1) is 6.92 Å². The zero-order valence-corrected chi connectivity index (χ0v) is 17.5. The molecule has 150 valence electrons. The number of thioether (sulfide) groups is 1. The molecule has 0 saturated carbocycles. The van der Waals surface area contributed by atoms with E-state index in [9.17, 15) is 4.79 Å². The number of aryl methyl sites for hydroxylation is 1. The Morgan fingerprint density at radius 3 is 2.47 bits per heavy atom. The normalized spacial score (nSPS) is 11.8. The fourth-order valence-corrected chi connectivity index (χ4v) is 3.91. The number of carbonyl (C=O) groups excluding carboxylic acids is 1. The number of benzene rings is 3. The summed E-state index contributed by atoms with van der Waals surface area (Å²) in [5, 5.41) is 15.3. The molecule has 0 bridgehead atoms. The van der Waals surface area contributed by atoms with Gasteiger partial charge >= 0.3 is 0 Å². The minimum atomic E-state index is -0.386. The Labute approximate surface area is 179 Å². The van der Waals surface area contributed by atoms with Gasteiger partial charge in [0.05, 0.1) is 10.9 Å². The van der Waals surface area contributed by atoms with Crippen LogP contribution < -0.4 is 5.32 Å². The molecular formula is C23H21N5OS. The Hall–Kier alpha value is -3.45. The number of amides is 1. The Balaban J connectivity index is 1.52. The molecule has 0 spiro atoms. The van der Waals surface area contributed by atoms with Crippen molar-refractivity contribution in [3.8, 4) is 16.8 Å². The average molecular weight is 416 g/mol. The molecule has 0 fully saturated rings. The van der Waals surface area contributed by atoms with Crippen molar-refractivity contribution in [3.05, 3.63) is 84.4 Å². The first-order valence-electron chi connectivity index (χ1n) is 9.60. The first-order chi connectivity index (χ1) is 14.6. The number of nitrogens with zero attached hydrogens (tertiary/aromatic N) is 4. The lowest BCUT2D eigenvalue weighted by Crippen LogP contribution is -2.23. The minimum absolute atomic E-state index is 0.109. The van der Waals surface area contributed by atoms with Gasteiger partial charge in [0, 0.05) is 11.3 Å². The predicted octanol–water partition coefficient (Wildman–Crippen LogP) is 4.76. The second-order valence-electron chi connectivity index (χ2n) is 6.82. The first-order valence-corrected chi connectivity index (χ1v) is 10.5. The summed E-state index contributed by atoms with van der Waals surface area (Å²) in [7, 11) is 0. The number of carbonyl (C=O) groups is 1. The van der Waals surface area contributed by atoms with Crippen LogP contribution in [-0.4, -0.2) is 31.4 Å². The number of hydrogen-bond acceptors (Lipinski definition) is 5. The van der Waals surface area contributed by atoms with E-state index >= 15 is 0 Å². The lowest BCUT2D eigenvalue weighted by Gasteiger charge is -2.15. The van der Waals surface area contributed by atoms with Crippen molar-refractivity contribution in [1.82, 2.24) is 20.2 Å². The van der Waals surface area contributed by atoms with Gasteiger partial charge in [-0.05, 0) is 47.5 Å². The van der Waals surface area contributed by atoms with Gasteiger partial charge in [0.1, 0.15) is 0 Å². The lowest BCUT2D eigenvalue weighted by atomic mass is 10.0. The third-order valence-corrected chi connectivity index (χ3v) is 5.74. The van der Waals surface area contributed by atoms with Crippen molar-refractivity contribution in [3.63, 3.8) is 0 Å². The summed E-state index contributed by atoms with van der Waals surface area (Å²) in [6.45, 7) is 3.85. The highest BCUT2D eigenvalue weighted by Gasteiger charge is 2.20. The molecule has 0 unspecified atom stereocenters. The van der Waals surface area contributed by atoms with Gasteiger partial charge in [-0.1, -0.05) is 78.5 Å². The quantitative estimate of drug-likeness (QED) is 0.460. The smallest absolute Gasteiger partial charge is 0.237 e. The molecule has 1 N–H and O–H groups in total. The van der Waals surface area contributed by atoms with Gasteiger partial charge in [0.25, 0.3) is 0 Å². The summed E-state index contributed by atoms with van der Waals surface area (Å²) in [4.78, 5) is 12.9. The zero-order chi connectivity index (χ0) is 20.9. The van der Waals surface area contributed by atoms with E-state index in [-0.39, 0.29) is 11.2 Å². The number of anilines is 1. The maximum Gasteiger partial charge on any atom is 0.237 e. The van der Waals surface area contributed by atoms with Crippen molar-refractivity contribution >= 4 is 23.4 Å². The maximum absolute atomic E-state index is 12.9. The lowest BCUT2D eigenvalue weighted by molar-refractivity contribution is -0.115.